The molecule has 0 spiro atoms. The van der Waals surface area contributed by atoms with Crippen LogP contribution >= 0.6 is 0 Å². The van der Waals surface area contributed by atoms with Gasteiger partial charge in [0.2, 0.25) is 0 Å². The highest BCUT2D eigenvalue weighted by Gasteiger charge is 2.23. The van der Waals surface area contributed by atoms with E-state index in [1.54, 1.807) is 0 Å². The highest BCUT2D eigenvalue weighted by molar-refractivity contribution is 5.88. The van der Waals surface area contributed by atoms with Crippen molar-refractivity contribution in [1.82, 2.24) is 24.8 Å². The number of piperidine rings is 1. The van der Waals surface area contributed by atoms with Crippen molar-refractivity contribution in [2.24, 2.45) is 0 Å². The SMILES string of the molecule is c1ccc(-c2nc3ccc(-c4ccc5ccccc5c4)nc3n2C2CCNCC2)nc1. The lowest BCUT2D eigenvalue weighted by Crippen LogP contribution is -2.29. The minimum absolute atomic E-state index is 0.364. The van der Waals surface area contributed by atoms with Gasteiger partial charge in [-0.3, -0.25) is 4.98 Å². The highest BCUT2D eigenvalue weighted by atomic mass is 15.2. The van der Waals surface area contributed by atoms with Crippen LogP contribution in [-0.2, 0) is 0 Å². The van der Waals surface area contributed by atoms with Crippen LogP contribution in [0.4, 0.5) is 0 Å². The number of fused-ring (bicyclic) bond motifs is 2. The Morgan fingerprint density at radius 3 is 2.45 bits per heavy atom. The molecule has 1 fully saturated rings. The fourth-order valence-electron chi connectivity index (χ4n) is 4.57. The summed E-state index contributed by atoms with van der Waals surface area (Å²) < 4.78 is 2.32. The first kappa shape index (κ1) is 18.2. The van der Waals surface area contributed by atoms with Gasteiger partial charge >= 0.3 is 0 Å². The second kappa shape index (κ2) is 7.60. The van der Waals surface area contributed by atoms with E-state index in [1.165, 1.54) is 10.8 Å². The monoisotopic (exact) mass is 405 g/mol. The third-order valence-electron chi connectivity index (χ3n) is 6.15. The van der Waals surface area contributed by atoms with Gasteiger partial charge in [-0.2, -0.15) is 0 Å². The maximum Gasteiger partial charge on any atom is 0.161 e. The zero-order valence-corrected chi connectivity index (χ0v) is 17.2. The van der Waals surface area contributed by atoms with Gasteiger partial charge in [-0.25, -0.2) is 9.97 Å². The molecule has 4 heterocycles. The number of rotatable bonds is 3. The molecule has 0 unspecified atom stereocenters. The molecule has 0 radical (unpaired) electrons. The number of nitrogens with zero attached hydrogens (tertiary/aromatic N) is 4. The lowest BCUT2D eigenvalue weighted by atomic mass is 10.0. The molecule has 31 heavy (non-hydrogen) atoms. The summed E-state index contributed by atoms with van der Waals surface area (Å²) in [7, 11) is 0. The van der Waals surface area contributed by atoms with Gasteiger partial charge in [-0.1, -0.05) is 42.5 Å². The molecule has 5 heteroatoms. The van der Waals surface area contributed by atoms with Crippen molar-refractivity contribution in [3.05, 3.63) is 79.0 Å². The Morgan fingerprint density at radius 1 is 0.774 bits per heavy atom. The maximum absolute atomic E-state index is 5.13. The first-order chi connectivity index (χ1) is 15.4. The Labute approximate surface area is 180 Å². The van der Waals surface area contributed by atoms with E-state index >= 15 is 0 Å². The van der Waals surface area contributed by atoms with Gasteiger partial charge in [0.05, 0.1) is 5.69 Å². The van der Waals surface area contributed by atoms with Crippen LogP contribution in [0.1, 0.15) is 18.9 Å². The van der Waals surface area contributed by atoms with Crippen LogP contribution in [0.2, 0.25) is 0 Å². The van der Waals surface area contributed by atoms with Crippen molar-refractivity contribution in [3.63, 3.8) is 0 Å². The fraction of sp³-hybridized carbons (Fsp3) is 0.192. The fourth-order valence-corrected chi connectivity index (χ4v) is 4.57. The minimum Gasteiger partial charge on any atom is -0.317 e. The second-order valence-electron chi connectivity index (χ2n) is 8.10. The molecule has 152 valence electrons. The predicted molar refractivity (Wildman–Crippen MR) is 125 cm³/mol. The molecule has 6 rings (SSSR count). The lowest BCUT2D eigenvalue weighted by molar-refractivity contribution is 0.376. The first-order valence-corrected chi connectivity index (χ1v) is 10.9. The van der Waals surface area contributed by atoms with E-state index in [0.29, 0.717) is 6.04 Å². The number of nitrogens with one attached hydrogen (secondary N) is 1. The normalized spacial score (nSPS) is 15.0. The van der Waals surface area contributed by atoms with Crippen molar-refractivity contribution in [1.29, 1.82) is 0 Å². The van der Waals surface area contributed by atoms with Crippen LogP contribution in [0.15, 0.2) is 79.0 Å². The highest BCUT2D eigenvalue weighted by Crippen LogP contribution is 2.32. The number of hydrogen-bond donors (Lipinski definition) is 1. The molecule has 3 aromatic heterocycles. The average molecular weight is 406 g/mol. The average Bonchev–Trinajstić information content (AvgIpc) is 3.23. The van der Waals surface area contributed by atoms with Crippen molar-refractivity contribution >= 4 is 21.9 Å². The number of benzene rings is 2. The Hall–Kier alpha value is -3.57. The zero-order valence-electron chi connectivity index (χ0n) is 17.2. The van der Waals surface area contributed by atoms with Crippen molar-refractivity contribution in [2.75, 3.05) is 13.1 Å². The molecule has 1 saturated heterocycles. The summed E-state index contributed by atoms with van der Waals surface area (Å²) in [5.41, 5.74) is 4.85. The van der Waals surface area contributed by atoms with E-state index in [9.17, 15) is 0 Å². The van der Waals surface area contributed by atoms with Gasteiger partial charge in [0.25, 0.3) is 0 Å². The first-order valence-electron chi connectivity index (χ1n) is 10.9. The lowest BCUT2D eigenvalue weighted by Gasteiger charge is -2.25. The molecule has 0 bridgehead atoms. The smallest absolute Gasteiger partial charge is 0.161 e. The van der Waals surface area contributed by atoms with Crippen LogP contribution in [0, 0.1) is 0 Å². The molecular weight excluding hydrogens is 382 g/mol. The minimum atomic E-state index is 0.364. The van der Waals surface area contributed by atoms with E-state index < -0.39 is 0 Å². The maximum atomic E-state index is 5.13. The summed E-state index contributed by atoms with van der Waals surface area (Å²) in [6.45, 7) is 2.02. The number of hydrogen-bond acceptors (Lipinski definition) is 4. The molecule has 0 atom stereocenters. The Balaban J connectivity index is 1.54. The molecule has 1 N–H and O–H groups in total. The number of pyridine rings is 2. The van der Waals surface area contributed by atoms with Gasteiger partial charge in [0.1, 0.15) is 11.2 Å². The van der Waals surface area contributed by atoms with Crippen LogP contribution in [0.3, 0.4) is 0 Å². The van der Waals surface area contributed by atoms with Crippen LogP contribution in [-0.4, -0.2) is 32.6 Å². The molecule has 0 aliphatic carbocycles. The van der Waals surface area contributed by atoms with Crippen LogP contribution in [0.25, 0.3) is 44.7 Å². The second-order valence-corrected chi connectivity index (χ2v) is 8.10. The van der Waals surface area contributed by atoms with Gasteiger partial charge in [-0.05, 0) is 67.0 Å². The predicted octanol–water partition coefficient (Wildman–Crippen LogP) is 5.24. The van der Waals surface area contributed by atoms with Gasteiger partial charge in [0.15, 0.2) is 11.5 Å². The van der Waals surface area contributed by atoms with Gasteiger partial charge in [0, 0.05) is 17.8 Å². The van der Waals surface area contributed by atoms with E-state index in [1.807, 2.05) is 24.4 Å². The Kier molecular flexibility index (Phi) is 4.47. The molecule has 2 aromatic carbocycles. The zero-order chi connectivity index (χ0) is 20.6. The van der Waals surface area contributed by atoms with Crippen molar-refractivity contribution < 1.29 is 0 Å². The third-order valence-corrected chi connectivity index (χ3v) is 6.15. The molecule has 0 saturated carbocycles. The largest absolute Gasteiger partial charge is 0.317 e. The molecule has 1 aliphatic rings. The summed E-state index contributed by atoms with van der Waals surface area (Å²) in [5.74, 6) is 0.908. The molecule has 5 aromatic rings. The summed E-state index contributed by atoms with van der Waals surface area (Å²) >= 11 is 0. The van der Waals surface area contributed by atoms with Crippen molar-refractivity contribution in [3.8, 4) is 22.8 Å². The number of aromatic nitrogens is 4. The third kappa shape index (κ3) is 3.27. The van der Waals surface area contributed by atoms with E-state index in [-0.39, 0.29) is 0 Å². The summed E-state index contributed by atoms with van der Waals surface area (Å²) in [5, 5.41) is 5.93. The molecule has 0 amide bonds. The van der Waals surface area contributed by atoms with Crippen LogP contribution in [0.5, 0.6) is 0 Å². The Bertz CT molecular complexity index is 1370. The summed E-state index contributed by atoms with van der Waals surface area (Å²) in [4.78, 5) is 14.7. The van der Waals surface area contributed by atoms with E-state index in [2.05, 4.69) is 69.5 Å². The van der Waals surface area contributed by atoms with Crippen LogP contribution < -0.4 is 5.32 Å². The Morgan fingerprint density at radius 2 is 1.61 bits per heavy atom. The van der Waals surface area contributed by atoms with Crippen molar-refractivity contribution in [2.45, 2.75) is 18.9 Å². The molecule has 1 aliphatic heterocycles. The topological polar surface area (TPSA) is 55.6 Å². The number of imidazole rings is 1. The quantitative estimate of drug-likeness (QED) is 0.446. The van der Waals surface area contributed by atoms with Gasteiger partial charge < -0.3 is 9.88 Å². The molecular formula is C26H23N5. The van der Waals surface area contributed by atoms with Gasteiger partial charge in [-0.15, -0.1) is 0 Å². The standard InChI is InChI=1S/C26H23N5/c1-2-6-19-17-20(9-8-18(19)5-1)22-10-11-24-26(29-22)31(21-12-15-27-16-13-21)25(30-24)23-7-3-4-14-28-23/h1-11,14,17,21,27H,12-13,15-16H2. The molecule has 5 nitrogen and oxygen atoms in total. The van der Waals surface area contributed by atoms with E-state index in [4.69, 9.17) is 9.97 Å². The van der Waals surface area contributed by atoms with E-state index in [0.717, 1.165) is 59.9 Å². The summed E-state index contributed by atoms with van der Waals surface area (Å²) in [6.07, 6.45) is 3.95. The summed E-state index contributed by atoms with van der Waals surface area (Å²) in [6, 6.07) is 25.5.